The molecule has 1 aromatic heterocycles. The van der Waals surface area contributed by atoms with E-state index in [0.29, 0.717) is 0 Å². The van der Waals surface area contributed by atoms with Crippen LogP contribution in [0.1, 0.15) is 17.0 Å². The van der Waals surface area contributed by atoms with Crippen molar-refractivity contribution in [2.24, 2.45) is 5.10 Å². The summed E-state index contributed by atoms with van der Waals surface area (Å²) < 4.78 is 30.9. The number of nitrogens with one attached hydrogen (secondary N) is 1. The summed E-state index contributed by atoms with van der Waals surface area (Å²) in [5, 5.41) is 15.5. The maximum Gasteiger partial charge on any atom is 0.289 e. The number of hydrazone groups is 1. The lowest BCUT2D eigenvalue weighted by atomic mass is 10.2. The Hall–Kier alpha value is -4.29. The van der Waals surface area contributed by atoms with E-state index in [2.05, 4.69) is 26.5 Å². The third kappa shape index (κ3) is 6.07. The lowest BCUT2D eigenvalue weighted by molar-refractivity contribution is -0.387. The van der Waals surface area contributed by atoms with Crippen LogP contribution in [-0.4, -0.2) is 36.6 Å². The molecule has 0 fully saturated rings. The van der Waals surface area contributed by atoms with Crippen molar-refractivity contribution in [3.63, 3.8) is 0 Å². The maximum absolute atomic E-state index is 13.5. The fraction of sp³-hybridized carbons (Fsp3) is 0.111. The fourth-order valence-electron chi connectivity index (χ4n) is 4.12. The largest absolute Gasteiger partial charge is 0.318 e. The third-order valence-electron chi connectivity index (χ3n) is 5.89. The van der Waals surface area contributed by atoms with Crippen LogP contribution in [0, 0.1) is 24.0 Å². The van der Waals surface area contributed by atoms with Gasteiger partial charge in [0.25, 0.3) is 21.6 Å². The molecule has 0 unspecified atom stereocenters. The summed E-state index contributed by atoms with van der Waals surface area (Å²) in [6.45, 7) is 3.23. The lowest BCUT2D eigenvalue weighted by Gasteiger charge is -2.23. The smallest absolute Gasteiger partial charge is 0.289 e. The fourth-order valence-corrected chi connectivity index (χ4v) is 6.09. The predicted molar refractivity (Wildman–Crippen MR) is 153 cm³/mol. The zero-order chi connectivity index (χ0) is 28.2. The molecule has 1 amide bonds. The van der Waals surface area contributed by atoms with E-state index in [9.17, 15) is 23.3 Å². The van der Waals surface area contributed by atoms with Crippen LogP contribution in [-0.2, 0) is 14.8 Å². The van der Waals surface area contributed by atoms with Gasteiger partial charge in [-0.05, 0) is 56.3 Å². The Labute approximate surface area is 233 Å². The Bertz CT molecular complexity index is 1670. The number of hydrogen-bond donors (Lipinski definition) is 1. The number of halogens is 1. The predicted octanol–water partition coefficient (Wildman–Crippen LogP) is 5.11. The van der Waals surface area contributed by atoms with Gasteiger partial charge in [-0.25, -0.2) is 13.8 Å². The zero-order valence-corrected chi connectivity index (χ0v) is 23.4. The quantitative estimate of drug-likeness (QED) is 0.160. The second-order valence-electron chi connectivity index (χ2n) is 8.51. The number of nitro benzene ring substituents is 1. The van der Waals surface area contributed by atoms with Crippen molar-refractivity contribution in [1.29, 1.82) is 0 Å². The molecule has 1 N–H and O–H groups in total. The van der Waals surface area contributed by atoms with Crippen LogP contribution in [0.5, 0.6) is 0 Å². The van der Waals surface area contributed by atoms with Gasteiger partial charge in [0.15, 0.2) is 4.90 Å². The number of sulfonamides is 1. The van der Waals surface area contributed by atoms with E-state index in [1.165, 1.54) is 30.5 Å². The molecule has 39 heavy (non-hydrogen) atoms. The molecule has 12 heteroatoms. The molecule has 4 aromatic rings. The van der Waals surface area contributed by atoms with Gasteiger partial charge < -0.3 is 4.57 Å². The Morgan fingerprint density at radius 2 is 1.74 bits per heavy atom. The number of carbonyl (C=O) groups excluding carboxylic acids is 1. The molecule has 0 aliphatic carbocycles. The summed E-state index contributed by atoms with van der Waals surface area (Å²) in [5.74, 6) is -0.724. The summed E-state index contributed by atoms with van der Waals surface area (Å²) in [6.07, 6.45) is 1.48. The molecule has 0 aliphatic rings. The number of anilines is 1. The Kier molecular flexibility index (Phi) is 8.27. The van der Waals surface area contributed by atoms with Gasteiger partial charge in [0, 0.05) is 33.2 Å². The SMILES string of the molecule is Cc1cc(/C=N/NC(=O)CN(c2ccccc2)S(=O)(=O)c2ccccc2[N+](=O)[O-])c(C)n1-c1cccc(Br)c1. The van der Waals surface area contributed by atoms with E-state index < -0.39 is 38.0 Å². The minimum absolute atomic E-state index is 0.173. The monoisotopic (exact) mass is 609 g/mol. The van der Waals surface area contributed by atoms with E-state index in [4.69, 9.17) is 0 Å². The van der Waals surface area contributed by atoms with Crippen LogP contribution in [0.25, 0.3) is 5.69 Å². The molecule has 10 nitrogen and oxygen atoms in total. The molecule has 0 saturated heterocycles. The van der Waals surface area contributed by atoms with Gasteiger partial charge in [0.1, 0.15) is 6.54 Å². The number of nitrogens with zero attached hydrogens (tertiary/aromatic N) is 4. The summed E-state index contributed by atoms with van der Waals surface area (Å²) in [4.78, 5) is 23.1. The van der Waals surface area contributed by atoms with Crippen molar-refractivity contribution in [1.82, 2.24) is 9.99 Å². The molecule has 4 rings (SSSR count). The number of hydrogen-bond acceptors (Lipinski definition) is 6. The van der Waals surface area contributed by atoms with Gasteiger partial charge in [-0.2, -0.15) is 5.10 Å². The molecule has 3 aromatic carbocycles. The first kappa shape index (κ1) is 27.7. The first-order valence-electron chi connectivity index (χ1n) is 11.7. The molecule has 0 radical (unpaired) electrons. The molecule has 0 aliphatic heterocycles. The average molecular weight is 610 g/mol. The van der Waals surface area contributed by atoms with Crippen LogP contribution >= 0.6 is 15.9 Å². The second kappa shape index (κ2) is 11.6. The maximum atomic E-state index is 13.5. The molecule has 0 bridgehead atoms. The van der Waals surface area contributed by atoms with Crippen LogP contribution in [0.4, 0.5) is 11.4 Å². The molecular weight excluding hydrogens is 586 g/mol. The normalized spacial score (nSPS) is 11.5. The average Bonchev–Trinajstić information content (AvgIpc) is 3.20. The van der Waals surface area contributed by atoms with Crippen molar-refractivity contribution < 1.29 is 18.1 Å². The van der Waals surface area contributed by atoms with E-state index >= 15 is 0 Å². The summed E-state index contributed by atoms with van der Waals surface area (Å²) >= 11 is 3.48. The van der Waals surface area contributed by atoms with Crippen molar-refractivity contribution in [2.75, 3.05) is 10.8 Å². The zero-order valence-electron chi connectivity index (χ0n) is 21.0. The third-order valence-corrected chi connectivity index (χ3v) is 8.21. The second-order valence-corrected chi connectivity index (χ2v) is 11.3. The number of aromatic nitrogens is 1. The van der Waals surface area contributed by atoms with Crippen LogP contribution in [0.15, 0.2) is 99.4 Å². The van der Waals surface area contributed by atoms with Gasteiger partial charge in [-0.15, -0.1) is 0 Å². The summed E-state index contributed by atoms with van der Waals surface area (Å²) in [7, 11) is -4.47. The number of amides is 1. The molecule has 1 heterocycles. The minimum atomic E-state index is -4.47. The Balaban J connectivity index is 1.58. The highest BCUT2D eigenvalue weighted by Crippen LogP contribution is 2.29. The van der Waals surface area contributed by atoms with Crippen molar-refractivity contribution in [3.05, 3.63) is 116 Å². The number of benzene rings is 3. The topological polar surface area (TPSA) is 127 Å². The van der Waals surface area contributed by atoms with Crippen molar-refractivity contribution in [2.45, 2.75) is 18.7 Å². The molecular formula is C27H24BrN5O5S. The highest BCUT2D eigenvalue weighted by Gasteiger charge is 2.33. The van der Waals surface area contributed by atoms with Gasteiger partial charge in [0.2, 0.25) is 0 Å². The Morgan fingerprint density at radius 1 is 1.05 bits per heavy atom. The van der Waals surface area contributed by atoms with E-state index in [0.717, 1.165) is 43.5 Å². The van der Waals surface area contributed by atoms with Gasteiger partial charge in [-0.3, -0.25) is 19.2 Å². The molecule has 0 spiro atoms. The standard InChI is InChI=1S/C27H24BrN5O5S/c1-19-15-21(20(2)32(19)24-12-8-9-22(28)16-24)17-29-30-27(34)18-31(23-10-4-3-5-11-23)39(37,38)26-14-7-6-13-25(26)33(35)36/h3-17H,18H2,1-2H3,(H,30,34)/b29-17+. The highest BCUT2D eigenvalue weighted by atomic mass is 79.9. The van der Waals surface area contributed by atoms with Crippen molar-refractivity contribution >= 4 is 49.4 Å². The van der Waals surface area contributed by atoms with Crippen LogP contribution in [0.3, 0.4) is 0 Å². The molecule has 200 valence electrons. The van der Waals surface area contributed by atoms with E-state index in [1.54, 1.807) is 18.2 Å². The first-order chi connectivity index (χ1) is 18.6. The van der Waals surface area contributed by atoms with Gasteiger partial charge in [0.05, 0.1) is 16.8 Å². The highest BCUT2D eigenvalue weighted by molar-refractivity contribution is 9.10. The van der Waals surface area contributed by atoms with Crippen molar-refractivity contribution in [3.8, 4) is 5.69 Å². The molecule has 0 saturated carbocycles. The number of rotatable bonds is 9. The van der Waals surface area contributed by atoms with Gasteiger partial charge >= 0.3 is 0 Å². The van der Waals surface area contributed by atoms with E-state index in [-0.39, 0.29) is 5.69 Å². The first-order valence-corrected chi connectivity index (χ1v) is 13.9. The number of nitro groups is 1. The summed E-state index contributed by atoms with van der Waals surface area (Å²) in [5.41, 5.74) is 5.54. The number of carbonyl (C=O) groups is 1. The Morgan fingerprint density at radius 3 is 2.44 bits per heavy atom. The number of aryl methyl sites for hydroxylation is 1. The van der Waals surface area contributed by atoms with Gasteiger partial charge in [-0.1, -0.05) is 52.3 Å². The lowest BCUT2D eigenvalue weighted by Crippen LogP contribution is -2.39. The molecule has 0 atom stereocenters. The minimum Gasteiger partial charge on any atom is -0.318 e. The van der Waals surface area contributed by atoms with Crippen LogP contribution in [0.2, 0.25) is 0 Å². The summed E-state index contributed by atoms with van der Waals surface area (Å²) in [6, 6.07) is 22.6. The van der Waals surface area contributed by atoms with E-state index in [1.807, 2.05) is 48.7 Å². The van der Waals surface area contributed by atoms with Crippen LogP contribution < -0.4 is 9.73 Å². The number of para-hydroxylation sites is 2.